The number of hydrogen-bond donors (Lipinski definition) is 0. The molecule has 0 aliphatic carbocycles. The molecule has 3 heteroatoms. The number of benzene rings is 1. The smallest absolute Gasteiger partial charge is 0.245 e. The molecule has 1 aliphatic heterocycles. The van der Waals surface area contributed by atoms with E-state index in [4.69, 9.17) is 11.6 Å². The van der Waals surface area contributed by atoms with Crippen molar-refractivity contribution in [3.05, 3.63) is 35.9 Å². The molecule has 0 bridgehead atoms. The third-order valence-corrected chi connectivity index (χ3v) is 3.42. The van der Waals surface area contributed by atoms with Gasteiger partial charge in [-0.3, -0.25) is 4.79 Å². The fourth-order valence-electron chi connectivity index (χ4n) is 2.04. The summed E-state index contributed by atoms with van der Waals surface area (Å²) in [5.74, 6) is 0.0487. The van der Waals surface area contributed by atoms with Crippen molar-refractivity contribution in [3.63, 3.8) is 0 Å². The Hall–Kier alpha value is -1.02. The molecule has 0 aromatic heterocycles. The van der Waals surface area contributed by atoms with Crippen LogP contribution in [-0.4, -0.2) is 23.9 Å². The van der Waals surface area contributed by atoms with Crippen molar-refractivity contribution in [2.45, 2.75) is 24.6 Å². The largest absolute Gasteiger partial charge is 0.341 e. The van der Waals surface area contributed by atoms with Gasteiger partial charge >= 0.3 is 0 Å². The lowest BCUT2D eigenvalue weighted by atomic mass is 10.1. The molecule has 0 radical (unpaired) electrons. The summed E-state index contributed by atoms with van der Waals surface area (Å²) in [7, 11) is 0. The van der Waals surface area contributed by atoms with Crippen molar-refractivity contribution < 1.29 is 4.79 Å². The number of carbonyl (C=O) groups is 1. The Morgan fingerprint density at radius 1 is 1.12 bits per heavy atom. The van der Waals surface area contributed by atoms with E-state index in [1.807, 2.05) is 35.2 Å². The molecule has 86 valence electrons. The van der Waals surface area contributed by atoms with Crippen LogP contribution < -0.4 is 0 Å². The van der Waals surface area contributed by atoms with E-state index >= 15 is 0 Å². The number of piperidine rings is 1. The molecule has 0 saturated carbocycles. The van der Waals surface area contributed by atoms with Crippen LogP contribution in [0.5, 0.6) is 0 Å². The Morgan fingerprint density at radius 3 is 2.38 bits per heavy atom. The van der Waals surface area contributed by atoms with E-state index in [2.05, 4.69) is 0 Å². The Bertz CT molecular complexity index is 346. The molecule has 0 N–H and O–H groups in total. The average Bonchev–Trinajstić information content (AvgIpc) is 2.39. The number of rotatable bonds is 2. The zero-order valence-corrected chi connectivity index (χ0v) is 9.99. The topological polar surface area (TPSA) is 20.3 Å². The van der Waals surface area contributed by atoms with Crippen molar-refractivity contribution in [2.75, 3.05) is 13.1 Å². The Morgan fingerprint density at radius 2 is 1.75 bits per heavy atom. The van der Waals surface area contributed by atoms with E-state index in [9.17, 15) is 4.79 Å². The van der Waals surface area contributed by atoms with Crippen LogP contribution in [0.15, 0.2) is 30.3 Å². The van der Waals surface area contributed by atoms with Crippen LogP contribution in [0.3, 0.4) is 0 Å². The summed E-state index contributed by atoms with van der Waals surface area (Å²) >= 11 is 6.20. The third-order valence-electron chi connectivity index (χ3n) is 2.98. The maximum Gasteiger partial charge on any atom is 0.245 e. The number of alkyl halides is 1. The molecular formula is C13H16ClNO. The van der Waals surface area contributed by atoms with Gasteiger partial charge in [0.15, 0.2) is 0 Å². The molecule has 2 rings (SSSR count). The number of hydrogen-bond acceptors (Lipinski definition) is 1. The number of halogens is 1. The molecule has 1 atom stereocenters. The van der Waals surface area contributed by atoms with Crippen molar-refractivity contribution in [2.24, 2.45) is 0 Å². The molecule has 1 aromatic carbocycles. The summed E-state index contributed by atoms with van der Waals surface area (Å²) in [5, 5.41) is -0.528. The summed E-state index contributed by atoms with van der Waals surface area (Å²) in [6.07, 6.45) is 3.43. The van der Waals surface area contributed by atoms with E-state index in [-0.39, 0.29) is 5.91 Å². The van der Waals surface area contributed by atoms with Gasteiger partial charge < -0.3 is 4.90 Å². The van der Waals surface area contributed by atoms with Gasteiger partial charge in [0.25, 0.3) is 0 Å². The maximum absolute atomic E-state index is 12.1. The fourth-order valence-corrected chi connectivity index (χ4v) is 2.32. The normalized spacial score (nSPS) is 18.2. The molecule has 1 fully saturated rings. The van der Waals surface area contributed by atoms with Crippen LogP contribution in [0.2, 0.25) is 0 Å². The lowest BCUT2D eigenvalue weighted by Crippen LogP contribution is -2.37. The molecule has 0 unspecified atom stereocenters. The van der Waals surface area contributed by atoms with Crippen molar-refractivity contribution in [3.8, 4) is 0 Å². The highest BCUT2D eigenvalue weighted by atomic mass is 35.5. The predicted molar refractivity (Wildman–Crippen MR) is 65.5 cm³/mol. The van der Waals surface area contributed by atoms with Crippen molar-refractivity contribution in [1.82, 2.24) is 4.90 Å². The van der Waals surface area contributed by atoms with E-state index in [1.165, 1.54) is 6.42 Å². The summed E-state index contributed by atoms with van der Waals surface area (Å²) in [6.45, 7) is 1.71. The van der Waals surface area contributed by atoms with Crippen molar-refractivity contribution >= 4 is 17.5 Å². The van der Waals surface area contributed by atoms with E-state index in [0.29, 0.717) is 0 Å². The van der Waals surface area contributed by atoms with E-state index in [0.717, 1.165) is 31.5 Å². The zero-order chi connectivity index (χ0) is 11.4. The minimum absolute atomic E-state index is 0.0487. The molecule has 1 aromatic rings. The Kier molecular flexibility index (Phi) is 3.83. The second-order valence-corrected chi connectivity index (χ2v) is 4.60. The van der Waals surface area contributed by atoms with E-state index in [1.54, 1.807) is 0 Å². The molecule has 1 heterocycles. The number of amides is 1. The monoisotopic (exact) mass is 237 g/mol. The summed E-state index contributed by atoms with van der Waals surface area (Å²) in [5.41, 5.74) is 0.889. The first kappa shape index (κ1) is 11.5. The third kappa shape index (κ3) is 2.56. The highest BCUT2D eigenvalue weighted by molar-refractivity contribution is 6.30. The van der Waals surface area contributed by atoms with Gasteiger partial charge in [-0.15, -0.1) is 11.6 Å². The maximum atomic E-state index is 12.1. The van der Waals surface area contributed by atoms with Crippen molar-refractivity contribution in [1.29, 1.82) is 0 Å². The lowest BCUT2D eigenvalue weighted by molar-refractivity contribution is -0.131. The fraction of sp³-hybridized carbons (Fsp3) is 0.462. The van der Waals surface area contributed by atoms with Crippen LogP contribution in [0.4, 0.5) is 0 Å². The molecular weight excluding hydrogens is 222 g/mol. The van der Waals surface area contributed by atoms with Gasteiger partial charge in [0, 0.05) is 13.1 Å². The molecule has 0 spiro atoms. The van der Waals surface area contributed by atoms with Crippen LogP contribution in [0, 0.1) is 0 Å². The van der Waals surface area contributed by atoms with Gasteiger partial charge in [0.1, 0.15) is 5.38 Å². The first-order valence-electron chi connectivity index (χ1n) is 5.77. The van der Waals surface area contributed by atoms with Crippen LogP contribution in [0.25, 0.3) is 0 Å². The minimum Gasteiger partial charge on any atom is -0.341 e. The van der Waals surface area contributed by atoms with Gasteiger partial charge in [-0.1, -0.05) is 30.3 Å². The standard InChI is InChI=1S/C13H16ClNO/c14-12(11-7-3-1-4-8-11)13(16)15-9-5-2-6-10-15/h1,3-4,7-8,12H,2,5-6,9-10H2/t12-/m1/s1. The summed E-state index contributed by atoms with van der Waals surface area (Å²) in [4.78, 5) is 14.0. The molecule has 1 amide bonds. The predicted octanol–water partition coefficient (Wildman–Crippen LogP) is 2.98. The second kappa shape index (κ2) is 5.35. The SMILES string of the molecule is O=C([C@H](Cl)c1ccccc1)N1CCCCC1. The number of likely N-dealkylation sites (tertiary alicyclic amines) is 1. The Labute approximate surface area is 101 Å². The zero-order valence-electron chi connectivity index (χ0n) is 9.23. The molecule has 1 saturated heterocycles. The van der Waals surface area contributed by atoms with E-state index < -0.39 is 5.38 Å². The van der Waals surface area contributed by atoms with Gasteiger partial charge in [0.2, 0.25) is 5.91 Å². The van der Waals surface area contributed by atoms with Gasteiger partial charge in [0.05, 0.1) is 0 Å². The number of carbonyl (C=O) groups excluding carboxylic acids is 1. The Balaban J connectivity index is 2.04. The van der Waals surface area contributed by atoms with Gasteiger partial charge in [-0.05, 0) is 24.8 Å². The van der Waals surface area contributed by atoms with Gasteiger partial charge in [-0.2, -0.15) is 0 Å². The first-order chi connectivity index (χ1) is 7.79. The molecule has 16 heavy (non-hydrogen) atoms. The second-order valence-electron chi connectivity index (χ2n) is 4.16. The first-order valence-corrected chi connectivity index (χ1v) is 6.20. The van der Waals surface area contributed by atoms with Crippen LogP contribution in [0.1, 0.15) is 30.2 Å². The summed E-state index contributed by atoms with van der Waals surface area (Å²) < 4.78 is 0. The highest BCUT2D eigenvalue weighted by Gasteiger charge is 2.24. The van der Waals surface area contributed by atoms with Crippen LogP contribution >= 0.6 is 11.6 Å². The number of nitrogens with zero attached hydrogens (tertiary/aromatic N) is 1. The quantitative estimate of drug-likeness (QED) is 0.725. The van der Waals surface area contributed by atoms with Crippen LogP contribution in [-0.2, 0) is 4.79 Å². The lowest BCUT2D eigenvalue weighted by Gasteiger charge is -2.28. The highest BCUT2D eigenvalue weighted by Crippen LogP contribution is 2.24. The average molecular weight is 238 g/mol. The molecule has 2 nitrogen and oxygen atoms in total. The van der Waals surface area contributed by atoms with Gasteiger partial charge in [-0.25, -0.2) is 0 Å². The summed E-state index contributed by atoms with van der Waals surface area (Å²) in [6, 6.07) is 9.56. The minimum atomic E-state index is -0.528. The molecule has 1 aliphatic rings.